The molecule has 2 N–H and O–H groups in total. The SMILES string of the molecule is COc1c(C(=O)NCCCN(C)C)ccc2[nH]nc(C=Cc3ccc(F)cc3)c12. The number of methoxy groups -OCH3 is 1. The number of carbonyl (C=O) groups excluding carboxylic acids is 1. The summed E-state index contributed by atoms with van der Waals surface area (Å²) in [6.45, 7) is 1.48. The molecule has 0 saturated carbocycles. The number of nitrogens with one attached hydrogen (secondary N) is 2. The fourth-order valence-electron chi connectivity index (χ4n) is 3.06. The molecule has 29 heavy (non-hydrogen) atoms. The molecule has 0 atom stereocenters. The first-order valence-corrected chi connectivity index (χ1v) is 9.41. The molecule has 152 valence electrons. The van der Waals surface area contributed by atoms with Crippen LogP contribution in [0.25, 0.3) is 23.1 Å². The molecule has 1 amide bonds. The molecule has 7 heteroatoms. The Labute approximate surface area is 169 Å². The van der Waals surface area contributed by atoms with Crippen LogP contribution in [0.2, 0.25) is 0 Å². The second-order valence-electron chi connectivity index (χ2n) is 6.98. The van der Waals surface area contributed by atoms with Crippen molar-refractivity contribution in [2.75, 3.05) is 34.3 Å². The molecule has 0 aliphatic carbocycles. The number of halogens is 1. The predicted molar refractivity (Wildman–Crippen MR) is 113 cm³/mol. The largest absolute Gasteiger partial charge is 0.495 e. The predicted octanol–water partition coefficient (Wildman–Crippen LogP) is 3.56. The lowest BCUT2D eigenvalue weighted by Crippen LogP contribution is -2.27. The van der Waals surface area contributed by atoms with Gasteiger partial charge in [0, 0.05) is 6.54 Å². The van der Waals surface area contributed by atoms with Crippen LogP contribution in [0.15, 0.2) is 36.4 Å². The van der Waals surface area contributed by atoms with Gasteiger partial charge in [-0.25, -0.2) is 4.39 Å². The standard InChI is InChI=1S/C22H25FN4O2/c1-27(2)14-4-13-24-22(28)17-10-12-19-20(21(17)29-3)18(25-26-19)11-7-15-5-8-16(23)9-6-15/h5-12H,4,13-14H2,1-3H3,(H,24,28)(H,25,26). The number of hydrogen-bond donors (Lipinski definition) is 2. The average Bonchev–Trinajstić information content (AvgIpc) is 3.13. The quantitative estimate of drug-likeness (QED) is 0.571. The lowest BCUT2D eigenvalue weighted by molar-refractivity contribution is 0.0949. The Kier molecular flexibility index (Phi) is 6.61. The van der Waals surface area contributed by atoms with Gasteiger partial charge < -0.3 is 15.0 Å². The summed E-state index contributed by atoms with van der Waals surface area (Å²) in [5, 5.41) is 11.0. The van der Waals surface area contributed by atoms with Gasteiger partial charge in [0.1, 0.15) is 11.6 Å². The molecule has 0 fully saturated rings. The molecule has 0 radical (unpaired) electrons. The van der Waals surface area contributed by atoms with Crippen LogP contribution in [0.5, 0.6) is 5.75 Å². The number of aromatic nitrogens is 2. The van der Waals surface area contributed by atoms with E-state index in [-0.39, 0.29) is 11.7 Å². The third kappa shape index (κ3) is 5.00. The first-order valence-electron chi connectivity index (χ1n) is 9.41. The molecule has 1 aromatic heterocycles. The van der Waals surface area contributed by atoms with Gasteiger partial charge >= 0.3 is 0 Å². The number of benzene rings is 2. The molecule has 2 aromatic carbocycles. The highest BCUT2D eigenvalue weighted by Crippen LogP contribution is 2.32. The smallest absolute Gasteiger partial charge is 0.255 e. The van der Waals surface area contributed by atoms with Crippen LogP contribution in [-0.4, -0.2) is 55.3 Å². The van der Waals surface area contributed by atoms with Crippen molar-refractivity contribution in [1.82, 2.24) is 20.4 Å². The Morgan fingerprint density at radius 3 is 2.66 bits per heavy atom. The summed E-state index contributed by atoms with van der Waals surface area (Å²) >= 11 is 0. The maximum absolute atomic E-state index is 13.1. The van der Waals surface area contributed by atoms with Crippen molar-refractivity contribution in [2.45, 2.75) is 6.42 Å². The molecule has 3 rings (SSSR count). The summed E-state index contributed by atoms with van der Waals surface area (Å²) in [6.07, 6.45) is 4.51. The molecule has 0 unspecified atom stereocenters. The highest BCUT2D eigenvalue weighted by atomic mass is 19.1. The van der Waals surface area contributed by atoms with Gasteiger partial charge in [0.2, 0.25) is 0 Å². The van der Waals surface area contributed by atoms with Gasteiger partial charge in [-0.15, -0.1) is 0 Å². The molecule has 0 saturated heterocycles. The summed E-state index contributed by atoms with van der Waals surface area (Å²) in [6, 6.07) is 9.72. The van der Waals surface area contributed by atoms with E-state index >= 15 is 0 Å². The van der Waals surface area contributed by atoms with Crippen molar-refractivity contribution >= 4 is 29.0 Å². The Hall–Kier alpha value is -3.19. The maximum atomic E-state index is 13.1. The number of rotatable bonds is 8. The van der Waals surface area contributed by atoms with E-state index in [1.807, 2.05) is 32.3 Å². The molecule has 1 heterocycles. The van der Waals surface area contributed by atoms with Crippen molar-refractivity contribution in [2.24, 2.45) is 0 Å². The third-order valence-electron chi connectivity index (χ3n) is 4.53. The number of aromatic amines is 1. The zero-order chi connectivity index (χ0) is 20.8. The number of H-pyrrole nitrogens is 1. The van der Waals surface area contributed by atoms with E-state index in [9.17, 15) is 9.18 Å². The van der Waals surface area contributed by atoms with E-state index in [4.69, 9.17) is 4.74 Å². The van der Waals surface area contributed by atoms with Crippen LogP contribution in [-0.2, 0) is 0 Å². The number of hydrogen-bond acceptors (Lipinski definition) is 4. The molecular formula is C22H25FN4O2. The van der Waals surface area contributed by atoms with E-state index in [1.165, 1.54) is 19.2 Å². The summed E-state index contributed by atoms with van der Waals surface area (Å²) < 4.78 is 18.7. The molecule has 6 nitrogen and oxygen atoms in total. The Morgan fingerprint density at radius 2 is 1.97 bits per heavy atom. The lowest BCUT2D eigenvalue weighted by Gasteiger charge is -2.12. The van der Waals surface area contributed by atoms with Gasteiger partial charge in [0.15, 0.2) is 0 Å². The summed E-state index contributed by atoms with van der Waals surface area (Å²) in [5.41, 5.74) is 2.71. The van der Waals surface area contributed by atoms with Gasteiger partial charge in [-0.2, -0.15) is 5.10 Å². The van der Waals surface area contributed by atoms with Gasteiger partial charge in [-0.05, 0) is 63.0 Å². The molecule has 0 bridgehead atoms. The number of amides is 1. The molecule has 3 aromatic rings. The first-order chi connectivity index (χ1) is 14.0. The van der Waals surface area contributed by atoms with Crippen LogP contribution >= 0.6 is 0 Å². The van der Waals surface area contributed by atoms with Crippen molar-refractivity contribution < 1.29 is 13.9 Å². The molecular weight excluding hydrogens is 371 g/mol. The molecule has 0 aliphatic heterocycles. The Bertz CT molecular complexity index is 1010. The van der Waals surface area contributed by atoms with E-state index in [0.29, 0.717) is 23.6 Å². The van der Waals surface area contributed by atoms with Crippen molar-refractivity contribution in [1.29, 1.82) is 0 Å². The fraction of sp³-hybridized carbons (Fsp3) is 0.273. The van der Waals surface area contributed by atoms with E-state index < -0.39 is 0 Å². The van der Waals surface area contributed by atoms with Crippen molar-refractivity contribution in [3.63, 3.8) is 0 Å². The van der Waals surface area contributed by atoms with E-state index in [2.05, 4.69) is 20.4 Å². The van der Waals surface area contributed by atoms with Crippen LogP contribution in [0.1, 0.15) is 28.0 Å². The van der Waals surface area contributed by atoms with Crippen LogP contribution < -0.4 is 10.1 Å². The van der Waals surface area contributed by atoms with Gasteiger partial charge in [0.25, 0.3) is 5.91 Å². The molecule has 0 spiro atoms. The van der Waals surface area contributed by atoms with E-state index in [0.717, 1.165) is 29.4 Å². The Morgan fingerprint density at radius 1 is 1.21 bits per heavy atom. The van der Waals surface area contributed by atoms with Gasteiger partial charge in [-0.1, -0.05) is 18.2 Å². The van der Waals surface area contributed by atoms with Crippen molar-refractivity contribution in [3.05, 3.63) is 59.0 Å². The summed E-state index contributed by atoms with van der Waals surface area (Å²) in [4.78, 5) is 14.7. The molecule has 0 aliphatic rings. The monoisotopic (exact) mass is 396 g/mol. The second kappa shape index (κ2) is 9.34. The fourth-order valence-corrected chi connectivity index (χ4v) is 3.06. The second-order valence-corrected chi connectivity index (χ2v) is 6.98. The average molecular weight is 396 g/mol. The number of nitrogens with zero attached hydrogens (tertiary/aromatic N) is 2. The normalized spacial score (nSPS) is 11.5. The van der Waals surface area contributed by atoms with Gasteiger partial charge in [0.05, 0.1) is 29.3 Å². The van der Waals surface area contributed by atoms with Crippen LogP contribution in [0.4, 0.5) is 4.39 Å². The van der Waals surface area contributed by atoms with Crippen LogP contribution in [0.3, 0.4) is 0 Å². The van der Waals surface area contributed by atoms with E-state index in [1.54, 1.807) is 18.2 Å². The topological polar surface area (TPSA) is 70.2 Å². The van der Waals surface area contributed by atoms with Crippen molar-refractivity contribution in [3.8, 4) is 5.75 Å². The third-order valence-corrected chi connectivity index (χ3v) is 4.53. The minimum absolute atomic E-state index is 0.183. The Balaban J connectivity index is 1.86. The summed E-state index contributed by atoms with van der Waals surface area (Å²) in [7, 11) is 5.54. The van der Waals surface area contributed by atoms with Crippen LogP contribution in [0, 0.1) is 5.82 Å². The summed E-state index contributed by atoms with van der Waals surface area (Å²) in [5.74, 6) is 0.00700. The number of ether oxygens (including phenoxy) is 1. The number of fused-ring (bicyclic) bond motifs is 1. The highest BCUT2D eigenvalue weighted by molar-refractivity contribution is 6.05. The highest BCUT2D eigenvalue weighted by Gasteiger charge is 2.18. The lowest BCUT2D eigenvalue weighted by atomic mass is 10.1. The van der Waals surface area contributed by atoms with Gasteiger partial charge in [-0.3, -0.25) is 9.89 Å². The first kappa shape index (κ1) is 20.5. The minimum Gasteiger partial charge on any atom is -0.495 e. The number of carbonyl (C=O) groups is 1. The zero-order valence-electron chi connectivity index (χ0n) is 16.8. The zero-order valence-corrected chi connectivity index (χ0v) is 16.8. The maximum Gasteiger partial charge on any atom is 0.255 e. The minimum atomic E-state index is -0.282.